The fourth-order valence-corrected chi connectivity index (χ4v) is 4.98. The van der Waals surface area contributed by atoms with Crippen LogP contribution >= 0.6 is 0 Å². The number of nitrogens with zero attached hydrogens (tertiary/aromatic N) is 3. The van der Waals surface area contributed by atoms with Crippen LogP contribution in [-0.4, -0.2) is 64.9 Å². The smallest absolute Gasteiger partial charge is 0.294 e. The fourth-order valence-electron chi connectivity index (χ4n) is 4.98. The van der Waals surface area contributed by atoms with Crippen molar-refractivity contribution in [1.29, 1.82) is 0 Å². The lowest BCUT2D eigenvalue weighted by atomic mass is 9.80. The standard InChI is InChI=1S/C28H47N5O6/c1-18(2)22(14-21-8-9-23-20(5)31-32(26(23)15-21)11-7-12-38-6)16-25(29)27(34)17-24(19(3)4)28(35)30-10-13-39-33(36)37/h8-9,15,18-19,22,24-25,27,34H,7,10-14,16-17,29H2,1-6H3,(H,30,35)/t22-,24-,25-,27-/m0/s1. The summed E-state index contributed by atoms with van der Waals surface area (Å²) in [6, 6.07) is 6.00. The van der Waals surface area contributed by atoms with Crippen molar-refractivity contribution in [3.05, 3.63) is 39.6 Å². The third-order valence-corrected chi connectivity index (χ3v) is 7.46. The molecule has 0 unspecified atom stereocenters. The molecule has 1 aromatic heterocycles. The molecule has 11 nitrogen and oxygen atoms in total. The minimum atomic E-state index is -0.892. The molecule has 0 fully saturated rings. The number of ether oxygens (including phenoxy) is 1. The molecule has 0 saturated heterocycles. The second kappa shape index (κ2) is 15.7. The zero-order chi connectivity index (χ0) is 29.1. The molecule has 2 aromatic rings. The summed E-state index contributed by atoms with van der Waals surface area (Å²) in [5.74, 6) is -0.188. The van der Waals surface area contributed by atoms with E-state index in [-0.39, 0.29) is 37.3 Å². The lowest BCUT2D eigenvalue weighted by Crippen LogP contribution is -2.43. The molecule has 0 aliphatic carbocycles. The number of aryl methyl sites for hydroxylation is 2. The molecule has 1 heterocycles. The van der Waals surface area contributed by atoms with Gasteiger partial charge in [-0.1, -0.05) is 39.8 Å². The Morgan fingerprint density at radius 2 is 1.92 bits per heavy atom. The number of nitrogens with one attached hydrogen (secondary N) is 1. The third kappa shape index (κ3) is 10.1. The van der Waals surface area contributed by atoms with Crippen LogP contribution in [0.25, 0.3) is 10.9 Å². The predicted molar refractivity (Wildman–Crippen MR) is 150 cm³/mol. The van der Waals surface area contributed by atoms with Crippen LogP contribution in [0.1, 0.15) is 58.2 Å². The van der Waals surface area contributed by atoms with E-state index < -0.39 is 23.2 Å². The topological polar surface area (TPSA) is 155 Å². The van der Waals surface area contributed by atoms with Crippen molar-refractivity contribution in [2.45, 2.75) is 79.0 Å². The normalized spacial score (nSPS) is 14.9. The van der Waals surface area contributed by atoms with Crippen LogP contribution in [0.3, 0.4) is 0 Å². The monoisotopic (exact) mass is 549 g/mol. The van der Waals surface area contributed by atoms with E-state index in [4.69, 9.17) is 15.6 Å². The highest BCUT2D eigenvalue weighted by Gasteiger charge is 2.29. The summed E-state index contributed by atoms with van der Waals surface area (Å²) in [4.78, 5) is 27.2. The quantitative estimate of drug-likeness (QED) is 0.145. The van der Waals surface area contributed by atoms with Gasteiger partial charge in [0, 0.05) is 44.2 Å². The van der Waals surface area contributed by atoms with Crippen LogP contribution in [0.2, 0.25) is 0 Å². The molecule has 220 valence electrons. The van der Waals surface area contributed by atoms with Crippen LogP contribution in [0.4, 0.5) is 0 Å². The van der Waals surface area contributed by atoms with Gasteiger partial charge in [0.25, 0.3) is 5.09 Å². The lowest BCUT2D eigenvalue weighted by molar-refractivity contribution is -0.757. The molecule has 4 atom stereocenters. The molecule has 0 aliphatic rings. The number of aliphatic hydroxyl groups is 1. The maximum absolute atomic E-state index is 12.7. The minimum Gasteiger partial charge on any atom is -0.391 e. The maximum Gasteiger partial charge on any atom is 0.294 e. The van der Waals surface area contributed by atoms with Gasteiger partial charge in [-0.3, -0.25) is 9.48 Å². The number of fused-ring (bicyclic) bond motifs is 1. The van der Waals surface area contributed by atoms with Gasteiger partial charge in [-0.2, -0.15) is 5.10 Å². The summed E-state index contributed by atoms with van der Waals surface area (Å²) in [6.45, 7) is 11.5. The largest absolute Gasteiger partial charge is 0.391 e. The van der Waals surface area contributed by atoms with Crippen molar-refractivity contribution in [1.82, 2.24) is 15.1 Å². The van der Waals surface area contributed by atoms with E-state index in [0.29, 0.717) is 18.9 Å². The summed E-state index contributed by atoms with van der Waals surface area (Å²) >= 11 is 0. The van der Waals surface area contributed by atoms with E-state index in [1.54, 1.807) is 7.11 Å². The average molecular weight is 550 g/mol. The van der Waals surface area contributed by atoms with Crippen molar-refractivity contribution < 1.29 is 24.6 Å². The molecular formula is C28H47N5O6. The molecule has 39 heavy (non-hydrogen) atoms. The molecule has 2 rings (SSSR count). The lowest BCUT2D eigenvalue weighted by Gasteiger charge is -2.30. The molecule has 0 spiro atoms. The van der Waals surface area contributed by atoms with Crippen LogP contribution in [0, 0.1) is 40.7 Å². The van der Waals surface area contributed by atoms with Gasteiger partial charge < -0.3 is 25.7 Å². The molecule has 11 heteroatoms. The van der Waals surface area contributed by atoms with E-state index in [0.717, 1.165) is 36.0 Å². The molecular weight excluding hydrogens is 502 g/mol. The van der Waals surface area contributed by atoms with Crippen molar-refractivity contribution in [2.75, 3.05) is 26.9 Å². The number of aromatic nitrogens is 2. The van der Waals surface area contributed by atoms with Crippen molar-refractivity contribution in [3.8, 4) is 0 Å². The zero-order valence-corrected chi connectivity index (χ0v) is 24.3. The van der Waals surface area contributed by atoms with Crippen LogP contribution in [0.15, 0.2) is 18.2 Å². The van der Waals surface area contributed by atoms with Gasteiger partial charge in [0.1, 0.15) is 6.61 Å². The first-order valence-corrected chi connectivity index (χ1v) is 13.9. The summed E-state index contributed by atoms with van der Waals surface area (Å²) < 4.78 is 7.25. The van der Waals surface area contributed by atoms with E-state index in [1.807, 2.05) is 25.5 Å². The average Bonchev–Trinajstić information content (AvgIpc) is 3.18. The maximum atomic E-state index is 12.7. The highest BCUT2D eigenvalue weighted by atomic mass is 16.9. The number of carbonyl (C=O) groups excluding carboxylic acids is 1. The molecule has 0 bridgehead atoms. The van der Waals surface area contributed by atoms with Gasteiger partial charge in [0.05, 0.1) is 17.3 Å². The number of benzene rings is 1. The number of aliphatic hydroxyl groups excluding tert-OH is 1. The summed E-state index contributed by atoms with van der Waals surface area (Å²) in [5, 5.41) is 28.9. The van der Waals surface area contributed by atoms with Crippen LogP contribution < -0.4 is 11.1 Å². The first-order valence-electron chi connectivity index (χ1n) is 13.9. The highest BCUT2D eigenvalue weighted by molar-refractivity contribution is 5.82. The first kappa shape index (κ1) is 32.5. The first-order chi connectivity index (χ1) is 18.4. The van der Waals surface area contributed by atoms with Gasteiger partial charge in [0.15, 0.2) is 0 Å². The molecule has 1 amide bonds. The predicted octanol–water partition coefficient (Wildman–Crippen LogP) is 3.26. The van der Waals surface area contributed by atoms with Gasteiger partial charge in [0.2, 0.25) is 5.91 Å². The van der Waals surface area contributed by atoms with E-state index in [1.165, 1.54) is 5.56 Å². The Kier molecular flexibility index (Phi) is 13.1. The molecule has 0 aliphatic heterocycles. The fraction of sp³-hybridized carbons (Fsp3) is 0.714. The Labute approximate surface area is 231 Å². The Morgan fingerprint density at radius 3 is 2.54 bits per heavy atom. The van der Waals surface area contributed by atoms with Gasteiger partial charge in [-0.25, -0.2) is 0 Å². The summed E-state index contributed by atoms with van der Waals surface area (Å²) in [6.07, 6.45) is 1.69. The zero-order valence-electron chi connectivity index (χ0n) is 24.3. The van der Waals surface area contributed by atoms with Crippen molar-refractivity contribution in [3.63, 3.8) is 0 Å². The number of carbonyl (C=O) groups is 1. The van der Waals surface area contributed by atoms with E-state index >= 15 is 0 Å². The Balaban J connectivity index is 2.05. The molecule has 4 N–H and O–H groups in total. The SMILES string of the molecule is COCCCn1nc(C)c2ccc(C[C@@H](C[C@H](N)[C@@H](O)C[C@H](C(=O)NCCO[N+](=O)[O-])C(C)C)C(C)C)cc21. The van der Waals surface area contributed by atoms with Crippen molar-refractivity contribution in [2.24, 2.45) is 29.4 Å². The van der Waals surface area contributed by atoms with Gasteiger partial charge >= 0.3 is 0 Å². The Bertz CT molecular complexity index is 1060. The number of hydrogen-bond donors (Lipinski definition) is 3. The third-order valence-electron chi connectivity index (χ3n) is 7.46. The second-order valence-electron chi connectivity index (χ2n) is 11.1. The van der Waals surface area contributed by atoms with Gasteiger partial charge in [-0.05, 0) is 62.0 Å². The van der Waals surface area contributed by atoms with E-state index in [9.17, 15) is 20.0 Å². The van der Waals surface area contributed by atoms with Gasteiger partial charge in [-0.15, -0.1) is 10.1 Å². The number of rotatable bonds is 18. The number of amides is 1. The molecule has 0 saturated carbocycles. The van der Waals surface area contributed by atoms with Crippen molar-refractivity contribution >= 4 is 16.8 Å². The minimum absolute atomic E-state index is 0.0236. The molecule has 1 aromatic carbocycles. The molecule has 0 radical (unpaired) electrons. The van der Waals surface area contributed by atoms with Crippen LogP contribution in [-0.2, 0) is 27.3 Å². The van der Waals surface area contributed by atoms with Crippen LogP contribution in [0.5, 0.6) is 0 Å². The summed E-state index contributed by atoms with van der Waals surface area (Å²) in [7, 11) is 1.70. The number of hydrogen-bond acceptors (Lipinski definition) is 8. The second-order valence-corrected chi connectivity index (χ2v) is 11.1. The van der Waals surface area contributed by atoms with E-state index in [2.05, 4.69) is 42.2 Å². The summed E-state index contributed by atoms with van der Waals surface area (Å²) in [5.41, 5.74) is 9.82. The Hall–Kier alpha value is -2.76. The highest BCUT2D eigenvalue weighted by Crippen LogP contribution is 2.28. The Morgan fingerprint density at radius 1 is 1.21 bits per heavy atom. The number of nitrogens with two attached hydrogens (primary N) is 1. The number of methoxy groups -OCH3 is 1.